The van der Waals surface area contributed by atoms with E-state index in [0.717, 1.165) is 5.56 Å². The number of benzene rings is 2. The Hall–Kier alpha value is -2.90. The van der Waals surface area contributed by atoms with Crippen LogP contribution in [0, 0.1) is 5.82 Å². The molecular formula is C25H29ClFN3O3. The molecule has 1 fully saturated rings. The number of rotatable bonds is 6. The molecule has 3 rings (SSSR count). The van der Waals surface area contributed by atoms with Crippen LogP contribution in [-0.2, 0) is 16.1 Å². The van der Waals surface area contributed by atoms with Gasteiger partial charge >= 0.3 is 0 Å². The van der Waals surface area contributed by atoms with Gasteiger partial charge in [0.05, 0.1) is 12.1 Å². The maximum absolute atomic E-state index is 13.2. The summed E-state index contributed by atoms with van der Waals surface area (Å²) in [6.07, 6.45) is 3.17. The second kappa shape index (κ2) is 10.8. The van der Waals surface area contributed by atoms with E-state index in [1.54, 1.807) is 30.3 Å². The summed E-state index contributed by atoms with van der Waals surface area (Å²) in [5.74, 6) is -0.146. The molecule has 1 aliphatic rings. The van der Waals surface area contributed by atoms with Crippen molar-refractivity contribution in [2.45, 2.75) is 39.4 Å². The van der Waals surface area contributed by atoms with E-state index in [1.807, 2.05) is 11.8 Å². The van der Waals surface area contributed by atoms with E-state index in [-0.39, 0.29) is 29.7 Å². The van der Waals surface area contributed by atoms with Crippen molar-refractivity contribution in [3.63, 3.8) is 0 Å². The normalized spacial score (nSPS) is 19.0. The molecule has 1 saturated heterocycles. The number of anilines is 1. The van der Waals surface area contributed by atoms with E-state index >= 15 is 0 Å². The average molecular weight is 474 g/mol. The molecule has 0 spiro atoms. The smallest absolute Gasteiger partial charge is 0.246 e. The Kier molecular flexibility index (Phi) is 8.10. The van der Waals surface area contributed by atoms with Crippen LogP contribution in [0.1, 0.15) is 31.9 Å². The number of methoxy groups -OCH3 is 1. The molecular weight excluding hydrogens is 445 g/mol. The molecule has 2 amide bonds. The van der Waals surface area contributed by atoms with E-state index in [9.17, 15) is 14.0 Å². The first kappa shape index (κ1) is 24.7. The Morgan fingerprint density at radius 2 is 1.88 bits per heavy atom. The van der Waals surface area contributed by atoms with Crippen LogP contribution in [0.25, 0.3) is 6.08 Å². The predicted octanol–water partition coefficient (Wildman–Crippen LogP) is 4.58. The molecule has 0 saturated carbocycles. The van der Waals surface area contributed by atoms with Gasteiger partial charge in [-0.15, -0.1) is 0 Å². The van der Waals surface area contributed by atoms with Gasteiger partial charge in [0.25, 0.3) is 0 Å². The van der Waals surface area contributed by atoms with Gasteiger partial charge in [0.15, 0.2) is 0 Å². The third-order valence-electron chi connectivity index (χ3n) is 5.74. The number of amides is 2. The van der Waals surface area contributed by atoms with Crippen LogP contribution in [0.15, 0.2) is 42.5 Å². The van der Waals surface area contributed by atoms with Crippen LogP contribution in [0.5, 0.6) is 5.75 Å². The van der Waals surface area contributed by atoms with Crippen molar-refractivity contribution in [2.75, 3.05) is 25.5 Å². The Balaban J connectivity index is 1.71. The number of ether oxygens (including phenoxy) is 1. The molecule has 0 bridgehead atoms. The molecule has 8 heteroatoms. The topological polar surface area (TPSA) is 61.9 Å². The lowest BCUT2D eigenvalue weighted by Gasteiger charge is -2.44. The Morgan fingerprint density at radius 3 is 2.52 bits per heavy atom. The van der Waals surface area contributed by atoms with Gasteiger partial charge in [-0.1, -0.05) is 23.7 Å². The summed E-state index contributed by atoms with van der Waals surface area (Å²) in [6, 6.07) is 9.96. The number of carbonyl (C=O) groups excluding carboxylic acids is 2. The summed E-state index contributed by atoms with van der Waals surface area (Å²) in [7, 11) is 1.51. The third kappa shape index (κ3) is 6.33. The first-order valence-corrected chi connectivity index (χ1v) is 11.2. The van der Waals surface area contributed by atoms with Crippen molar-refractivity contribution in [3.8, 4) is 5.75 Å². The van der Waals surface area contributed by atoms with Gasteiger partial charge in [0.1, 0.15) is 11.6 Å². The molecule has 0 aliphatic carbocycles. The number of piperazine rings is 1. The Morgan fingerprint density at radius 1 is 1.18 bits per heavy atom. The summed E-state index contributed by atoms with van der Waals surface area (Å²) in [5.41, 5.74) is 2.16. The van der Waals surface area contributed by atoms with Crippen molar-refractivity contribution in [2.24, 2.45) is 0 Å². The molecule has 2 aromatic rings. The van der Waals surface area contributed by atoms with Gasteiger partial charge in [-0.25, -0.2) is 4.39 Å². The highest BCUT2D eigenvalue weighted by Gasteiger charge is 2.31. The number of hydrogen-bond donors (Lipinski definition) is 1. The summed E-state index contributed by atoms with van der Waals surface area (Å²) in [6.45, 7) is 7.50. The summed E-state index contributed by atoms with van der Waals surface area (Å²) in [5, 5.41) is 3.10. The maximum atomic E-state index is 13.2. The van der Waals surface area contributed by atoms with Crippen LogP contribution in [0.3, 0.4) is 0 Å². The number of nitrogens with zero attached hydrogens (tertiary/aromatic N) is 2. The highest BCUT2D eigenvalue weighted by Crippen LogP contribution is 2.32. The van der Waals surface area contributed by atoms with Gasteiger partial charge in [-0.3, -0.25) is 14.5 Å². The minimum absolute atomic E-state index is 0.00775. The zero-order valence-electron chi connectivity index (χ0n) is 19.3. The van der Waals surface area contributed by atoms with Crippen molar-refractivity contribution >= 4 is 35.2 Å². The molecule has 0 aromatic heterocycles. The fraction of sp³-hybridized carbons (Fsp3) is 0.360. The van der Waals surface area contributed by atoms with Crippen LogP contribution in [0.4, 0.5) is 10.1 Å². The summed E-state index contributed by atoms with van der Waals surface area (Å²) >= 11 is 6.19. The van der Waals surface area contributed by atoms with Gasteiger partial charge in [0, 0.05) is 56.0 Å². The van der Waals surface area contributed by atoms with Crippen LogP contribution < -0.4 is 10.1 Å². The van der Waals surface area contributed by atoms with E-state index in [0.29, 0.717) is 41.7 Å². The van der Waals surface area contributed by atoms with E-state index in [1.165, 1.54) is 32.2 Å². The SMILES string of the molecule is COc1cc(/C=C/C(=O)N2C[C@H](C)N(Cc3ccc(F)cc3)C[C@H]2C)c(NC(C)=O)cc1Cl. The predicted molar refractivity (Wildman–Crippen MR) is 129 cm³/mol. The molecule has 1 N–H and O–H groups in total. The molecule has 0 radical (unpaired) electrons. The van der Waals surface area contributed by atoms with Crippen molar-refractivity contribution < 1.29 is 18.7 Å². The lowest BCUT2D eigenvalue weighted by molar-refractivity contribution is -0.131. The number of nitrogens with one attached hydrogen (secondary N) is 1. The molecule has 2 atom stereocenters. The molecule has 1 aliphatic heterocycles. The van der Waals surface area contributed by atoms with Crippen molar-refractivity contribution in [1.29, 1.82) is 0 Å². The summed E-state index contributed by atoms with van der Waals surface area (Å²) in [4.78, 5) is 28.7. The lowest BCUT2D eigenvalue weighted by atomic mass is 10.1. The Bertz CT molecular complexity index is 1040. The van der Waals surface area contributed by atoms with Crippen molar-refractivity contribution in [3.05, 3.63) is 64.4 Å². The van der Waals surface area contributed by atoms with Crippen LogP contribution in [-0.4, -0.2) is 53.9 Å². The van der Waals surface area contributed by atoms with Gasteiger partial charge in [-0.05, 0) is 49.8 Å². The number of halogens is 2. The van der Waals surface area contributed by atoms with Gasteiger partial charge in [0.2, 0.25) is 11.8 Å². The third-order valence-corrected chi connectivity index (χ3v) is 6.03. The number of carbonyl (C=O) groups is 2. The largest absolute Gasteiger partial charge is 0.495 e. The fourth-order valence-corrected chi connectivity index (χ4v) is 4.21. The second-order valence-corrected chi connectivity index (χ2v) is 8.74. The zero-order chi connectivity index (χ0) is 24.1. The van der Waals surface area contributed by atoms with Crippen LogP contribution >= 0.6 is 11.6 Å². The van der Waals surface area contributed by atoms with Crippen LogP contribution in [0.2, 0.25) is 5.02 Å². The molecule has 0 unspecified atom stereocenters. The monoisotopic (exact) mass is 473 g/mol. The quantitative estimate of drug-likeness (QED) is 0.624. The molecule has 176 valence electrons. The van der Waals surface area contributed by atoms with E-state index in [4.69, 9.17) is 16.3 Å². The summed E-state index contributed by atoms with van der Waals surface area (Å²) < 4.78 is 18.5. The minimum Gasteiger partial charge on any atom is -0.495 e. The zero-order valence-corrected chi connectivity index (χ0v) is 20.0. The molecule has 33 heavy (non-hydrogen) atoms. The average Bonchev–Trinajstić information content (AvgIpc) is 2.76. The molecule has 6 nitrogen and oxygen atoms in total. The highest BCUT2D eigenvalue weighted by molar-refractivity contribution is 6.32. The standard InChI is InChI=1S/C25H29ClFN3O3/c1-16-14-30(17(2)13-29(16)15-19-5-8-21(27)9-6-19)25(32)10-7-20-11-24(33-4)22(26)12-23(20)28-18(3)31/h5-12,16-17H,13-15H2,1-4H3,(H,28,31)/b10-7+/t16-,17+/m0/s1. The van der Waals surface area contributed by atoms with Crippen molar-refractivity contribution in [1.82, 2.24) is 9.80 Å². The van der Waals surface area contributed by atoms with E-state index in [2.05, 4.69) is 17.1 Å². The number of hydrogen-bond acceptors (Lipinski definition) is 4. The Labute approximate surface area is 199 Å². The lowest BCUT2D eigenvalue weighted by Crippen LogP contribution is -2.57. The first-order chi connectivity index (χ1) is 15.7. The maximum Gasteiger partial charge on any atom is 0.246 e. The highest BCUT2D eigenvalue weighted by atomic mass is 35.5. The van der Waals surface area contributed by atoms with E-state index < -0.39 is 0 Å². The molecule has 2 aromatic carbocycles. The second-order valence-electron chi connectivity index (χ2n) is 8.33. The van der Waals surface area contributed by atoms with Gasteiger partial charge < -0.3 is 15.0 Å². The fourth-order valence-electron chi connectivity index (χ4n) is 3.97. The van der Waals surface area contributed by atoms with Gasteiger partial charge in [-0.2, -0.15) is 0 Å². The molecule has 1 heterocycles. The minimum atomic E-state index is -0.248. The first-order valence-electron chi connectivity index (χ1n) is 10.8.